The van der Waals surface area contributed by atoms with Crippen molar-refractivity contribution in [2.24, 2.45) is 11.8 Å². The molecule has 198 valence electrons. The van der Waals surface area contributed by atoms with Crippen molar-refractivity contribution in [1.82, 2.24) is 20.0 Å². The smallest absolute Gasteiger partial charge is 0.290 e. The number of nitrogens with one attached hydrogen (secondary N) is 1. The first-order valence-corrected chi connectivity index (χ1v) is 12.4. The first-order chi connectivity index (χ1) is 16.8. The molecule has 2 atom stereocenters. The molecule has 2 aliphatic heterocycles. The molecule has 1 aromatic carbocycles. The number of piperidine rings is 1. The maximum absolute atomic E-state index is 12.8. The number of benzene rings is 1. The third-order valence-corrected chi connectivity index (χ3v) is 6.84. The van der Waals surface area contributed by atoms with Gasteiger partial charge in [-0.25, -0.2) is 0 Å². The van der Waals surface area contributed by atoms with Crippen LogP contribution in [0, 0.1) is 11.8 Å². The minimum atomic E-state index is -0.250. The molecule has 0 bridgehead atoms. The predicted molar refractivity (Wildman–Crippen MR) is 137 cm³/mol. The molecule has 3 N–H and O–H groups in total. The molecule has 1 aromatic rings. The first-order valence-electron chi connectivity index (χ1n) is 12.4. The number of amides is 1. The fourth-order valence-corrected chi connectivity index (χ4v) is 4.76. The second-order valence-electron chi connectivity index (χ2n) is 9.59. The summed E-state index contributed by atoms with van der Waals surface area (Å²) < 4.78 is 0. The lowest BCUT2D eigenvalue weighted by Gasteiger charge is -2.32. The Balaban J connectivity index is 0.000000926. The Labute approximate surface area is 210 Å². The summed E-state index contributed by atoms with van der Waals surface area (Å²) in [6.07, 6.45) is 5.63. The quantitative estimate of drug-likeness (QED) is 0.493. The van der Waals surface area contributed by atoms with Crippen molar-refractivity contribution in [1.29, 1.82) is 0 Å². The fourth-order valence-electron chi connectivity index (χ4n) is 4.76. The first kappa shape index (κ1) is 30.5. The Morgan fingerprint density at radius 2 is 1.63 bits per heavy atom. The van der Waals surface area contributed by atoms with Gasteiger partial charge in [-0.15, -0.1) is 0 Å². The van der Waals surface area contributed by atoms with Crippen LogP contribution in [-0.2, 0) is 20.8 Å². The van der Waals surface area contributed by atoms with Gasteiger partial charge in [-0.05, 0) is 77.8 Å². The number of likely N-dealkylation sites (tertiary alicyclic amines) is 2. The van der Waals surface area contributed by atoms with Crippen molar-refractivity contribution in [3.05, 3.63) is 35.9 Å². The summed E-state index contributed by atoms with van der Waals surface area (Å²) in [5, 5.41) is 17.1. The van der Waals surface area contributed by atoms with Crippen LogP contribution in [-0.4, -0.2) is 110 Å². The summed E-state index contributed by atoms with van der Waals surface area (Å²) in [6.45, 7) is 5.74. The van der Waals surface area contributed by atoms with E-state index < -0.39 is 0 Å². The maximum Gasteiger partial charge on any atom is 0.290 e. The summed E-state index contributed by atoms with van der Waals surface area (Å²) in [5.74, 6) is 1.03. The molecule has 9 nitrogen and oxygen atoms in total. The average Bonchev–Trinajstić information content (AvgIpc) is 3.05. The van der Waals surface area contributed by atoms with E-state index in [1.54, 1.807) is 0 Å². The van der Waals surface area contributed by atoms with Crippen LogP contribution in [0.4, 0.5) is 0 Å². The monoisotopic (exact) mass is 492 g/mol. The summed E-state index contributed by atoms with van der Waals surface area (Å²) in [4.78, 5) is 36.7. The molecule has 9 heteroatoms. The molecule has 1 amide bonds. The van der Waals surface area contributed by atoms with Crippen LogP contribution >= 0.6 is 0 Å². The average molecular weight is 493 g/mol. The van der Waals surface area contributed by atoms with Gasteiger partial charge < -0.3 is 30.2 Å². The van der Waals surface area contributed by atoms with Crippen molar-refractivity contribution >= 4 is 18.9 Å². The van der Waals surface area contributed by atoms with Crippen molar-refractivity contribution in [3.63, 3.8) is 0 Å². The standard InChI is InChI=1S/C24H40N4O.2CH2O2/c1-26(2)23-10-9-22(18-27(3)19-23)24(29)25-17-21-12-15-28(16-13-21)14-11-20-7-5-4-6-8-20;2*2-1-3/h4-8,21-23H,9-19H2,1-3H3,(H,25,29);2*1H,(H,2,3)/t22-,23+;;/m1../s1. The van der Waals surface area contributed by atoms with Crippen molar-refractivity contribution in [2.75, 3.05) is 60.4 Å². The molecule has 0 radical (unpaired) electrons. The molecular formula is C26H44N4O5. The minimum Gasteiger partial charge on any atom is -0.483 e. The van der Waals surface area contributed by atoms with E-state index in [2.05, 4.69) is 71.5 Å². The SMILES string of the molecule is CN1C[C@H](C(=O)NCC2CCN(CCc3ccccc3)CC2)CC[C@H](N(C)C)C1.O=CO.O=CO. The highest BCUT2D eigenvalue weighted by molar-refractivity contribution is 5.78. The number of carboxylic acid groups (broad SMARTS) is 2. The van der Waals surface area contributed by atoms with E-state index in [-0.39, 0.29) is 24.8 Å². The third-order valence-electron chi connectivity index (χ3n) is 6.84. The molecule has 2 aliphatic rings. The lowest BCUT2D eigenvalue weighted by atomic mass is 9.95. The van der Waals surface area contributed by atoms with Crippen molar-refractivity contribution in [3.8, 4) is 0 Å². The van der Waals surface area contributed by atoms with Gasteiger partial charge in [0.1, 0.15) is 0 Å². The fraction of sp³-hybridized carbons (Fsp3) is 0.654. The lowest BCUT2D eigenvalue weighted by Crippen LogP contribution is -2.42. The van der Waals surface area contributed by atoms with E-state index in [9.17, 15) is 4.79 Å². The van der Waals surface area contributed by atoms with Gasteiger partial charge in [-0.1, -0.05) is 30.3 Å². The summed E-state index contributed by atoms with van der Waals surface area (Å²) >= 11 is 0. The molecule has 0 unspecified atom stereocenters. The summed E-state index contributed by atoms with van der Waals surface area (Å²) in [7, 11) is 6.43. The lowest BCUT2D eigenvalue weighted by molar-refractivity contribution is -0.126. The van der Waals surface area contributed by atoms with Crippen molar-refractivity contribution < 1.29 is 24.6 Å². The second kappa shape index (κ2) is 17.9. The van der Waals surface area contributed by atoms with Gasteiger partial charge in [0.2, 0.25) is 5.91 Å². The molecule has 0 spiro atoms. The van der Waals surface area contributed by atoms with Gasteiger partial charge in [0.25, 0.3) is 12.9 Å². The maximum atomic E-state index is 12.8. The van der Waals surface area contributed by atoms with E-state index in [0.717, 1.165) is 58.5 Å². The Kier molecular flexibility index (Phi) is 15.6. The van der Waals surface area contributed by atoms with Crippen LogP contribution in [0.5, 0.6) is 0 Å². The van der Waals surface area contributed by atoms with Gasteiger partial charge in [-0.3, -0.25) is 14.4 Å². The summed E-state index contributed by atoms with van der Waals surface area (Å²) in [5.41, 5.74) is 1.42. The predicted octanol–water partition coefficient (Wildman–Crippen LogP) is 1.73. The Bertz CT molecular complexity index is 705. The number of rotatable bonds is 7. The highest BCUT2D eigenvalue weighted by Gasteiger charge is 2.28. The summed E-state index contributed by atoms with van der Waals surface area (Å²) in [6, 6.07) is 11.3. The van der Waals surface area contributed by atoms with E-state index in [1.807, 2.05) is 0 Å². The van der Waals surface area contributed by atoms with Gasteiger partial charge in [-0.2, -0.15) is 0 Å². The number of hydrogen-bond donors (Lipinski definition) is 3. The molecule has 0 aliphatic carbocycles. The van der Waals surface area contributed by atoms with Crippen LogP contribution < -0.4 is 5.32 Å². The van der Waals surface area contributed by atoms with Gasteiger partial charge in [0.15, 0.2) is 0 Å². The van der Waals surface area contributed by atoms with E-state index in [0.29, 0.717) is 12.0 Å². The number of hydrogen-bond acceptors (Lipinski definition) is 6. The van der Waals surface area contributed by atoms with E-state index >= 15 is 0 Å². The van der Waals surface area contributed by atoms with Crippen LogP contribution in [0.2, 0.25) is 0 Å². The number of carbonyl (C=O) groups is 3. The largest absolute Gasteiger partial charge is 0.483 e. The minimum absolute atomic E-state index is 0.135. The van der Waals surface area contributed by atoms with Crippen LogP contribution in [0.15, 0.2) is 30.3 Å². The van der Waals surface area contributed by atoms with Gasteiger partial charge >= 0.3 is 0 Å². The van der Waals surface area contributed by atoms with Crippen LogP contribution in [0.25, 0.3) is 0 Å². The van der Waals surface area contributed by atoms with Crippen LogP contribution in [0.1, 0.15) is 31.2 Å². The Hall–Kier alpha value is -2.49. The molecular weight excluding hydrogens is 448 g/mol. The normalized spacial score (nSPS) is 21.5. The molecule has 2 heterocycles. The molecule has 2 saturated heterocycles. The third kappa shape index (κ3) is 12.7. The number of carbonyl (C=O) groups excluding carboxylic acids is 1. The van der Waals surface area contributed by atoms with Gasteiger partial charge in [0.05, 0.1) is 5.92 Å². The Morgan fingerprint density at radius 1 is 1.03 bits per heavy atom. The van der Waals surface area contributed by atoms with Crippen molar-refractivity contribution in [2.45, 2.75) is 38.1 Å². The van der Waals surface area contributed by atoms with E-state index in [1.165, 1.54) is 18.4 Å². The molecule has 3 rings (SSSR count). The number of nitrogens with zero attached hydrogens (tertiary/aromatic N) is 3. The second-order valence-corrected chi connectivity index (χ2v) is 9.59. The number of likely N-dealkylation sites (N-methyl/N-ethyl adjacent to an activating group) is 2. The molecule has 0 aromatic heterocycles. The highest BCUT2D eigenvalue weighted by atomic mass is 16.3. The van der Waals surface area contributed by atoms with Gasteiger partial charge in [0, 0.05) is 32.2 Å². The zero-order valence-electron chi connectivity index (χ0n) is 21.5. The molecule has 2 fully saturated rings. The van der Waals surface area contributed by atoms with Crippen LogP contribution in [0.3, 0.4) is 0 Å². The zero-order chi connectivity index (χ0) is 26.1. The van der Waals surface area contributed by atoms with E-state index in [4.69, 9.17) is 19.8 Å². The molecule has 35 heavy (non-hydrogen) atoms. The Morgan fingerprint density at radius 3 is 2.20 bits per heavy atom. The zero-order valence-corrected chi connectivity index (χ0v) is 21.5. The topological polar surface area (TPSA) is 113 Å². The molecule has 0 saturated carbocycles. The highest BCUT2D eigenvalue weighted by Crippen LogP contribution is 2.20.